The summed E-state index contributed by atoms with van der Waals surface area (Å²) in [5.74, 6) is 0.981. The second kappa shape index (κ2) is 12.9. The molecule has 0 saturated carbocycles. The highest BCUT2D eigenvalue weighted by molar-refractivity contribution is 6.00. The molecule has 40 heavy (non-hydrogen) atoms. The van der Waals surface area contributed by atoms with Gasteiger partial charge in [0, 0.05) is 49.2 Å². The van der Waals surface area contributed by atoms with Crippen LogP contribution in [0.25, 0.3) is 0 Å². The van der Waals surface area contributed by atoms with Crippen molar-refractivity contribution in [2.45, 2.75) is 52.8 Å². The molecular weight excluding hydrogens is 512 g/mol. The lowest BCUT2D eigenvalue weighted by atomic mass is 10.0. The number of hydrogen-bond donors (Lipinski definition) is 3. The minimum absolute atomic E-state index is 0.0116. The number of rotatable bonds is 8. The van der Waals surface area contributed by atoms with Crippen LogP contribution in [0.4, 0.5) is 16.2 Å². The van der Waals surface area contributed by atoms with Gasteiger partial charge in [-0.15, -0.1) is 0 Å². The van der Waals surface area contributed by atoms with Gasteiger partial charge in [-0.3, -0.25) is 14.7 Å². The van der Waals surface area contributed by atoms with Gasteiger partial charge in [-0.05, 0) is 63.7 Å². The quantitative estimate of drug-likeness (QED) is 0.387. The first-order valence-electron chi connectivity index (χ1n) is 13.4. The predicted octanol–water partition coefficient (Wildman–Crippen LogP) is 3.61. The number of carbonyl (C=O) groups excluding carboxylic acids is 2. The number of likely N-dealkylation sites (N-methyl/N-ethyl adjacent to an activating group) is 1. The molecule has 0 radical (unpaired) electrons. The molecule has 3 N–H and O–H groups in total. The summed E-state index contributed by atoms with van der Waals surface area (Å²) in [6, 6.07) is 8.48. The summed E-state index contributed by atoms with van der Waals surface area (Å²) in [6.07, 6.45) is 3.40. The lowest BCUT2D eigenvalue weighted by Crippen LogP contribution is -2.47. The molecule has 4 rings (SSSR count). The minimum Gasteiger partial charge on any atom is -0.488 e. The fourth-order valence-corrected chi connectivity index (χ4v) is 4.83. The van der Waals surface area contributed by atoms with Gasteiger partial charge >= 0.3 is 6.03 Å². The standard InChI is InChI=1S/C29H38N6O5/c1-18-14-35(19(2)17-36)27(37)13-23-12-24(31-29(38)32-28-20(3)33-40-21(28)4)6-7-25(23)39-26(18)16-34(5)15-22-8-10-30-11-9-22/h6-12,18-19,26,36H,13-17H2,1-5H3,(H2,31,32,38)/t18-,19+,26+/m1/s1. The van der Waals surface area contributed by atoms with E-state index in [9.17, 15) is 14.7 Å². The van der Waals surface area contributed by atoms with Crippen molar-refractivity contribution >= 4 is 23.3 Å². The van der Waals surface area contributed by atoms with Crippen molar-refractivity contribution in [2.75, 3.05) is 37.4 Å². The normalized spacial score (nSPS) is 18.3. The Balaban J connectivity index is 1.57. The highest BCUT2D eigenvalue weighted by Crippen LogP contribution is 2.29. The van der Waals surface area contributed by atoms with Crippen molar-refractivity contribution < 1.29 is 24.0 Å². The second-order valence-corrected chi connectivity index (χ2v) is 10.5. The Labute approximate surface area is 234 Å². The average Bonchev–Trinajstić information content (AvgIpc) is 3.25. The van der Waals surface area contributed by atoms with Crippen LogP contribution in [0, 0.1) is 19.8 Å². The van der Waals surface area contributed by atoms with Crippen LogP contribution >= 0.6 is 0 Å². The van der Waals surface area contributed by atoms with Crippen LogP contribution in [-0.4, -0.2) is 75.9 Å². The molecule has 0 aliphatic carbocycles. The van der Waals surface area contributed by atoms with E-state index in [2.05, 4.69) is 32.6 Å². The molecule has 0 fully saturated rings. The number of anilines is 2. The van der Waals surface area contributed by atoms with Crippen molar-refractivity contribution in [3.05, 3.63) is 65.3 Å². The largest absolute Gasteiger partial charge is 0.488 e. The van der Waals surface area contributed by atoms with Gasteiger partial charge in [-0.25, -0.2) is 4.79 Å². The highest BCUT2D eigenvalue weighted by Gasteiger charge is 2.31. The van der Waals surface area contributed by atoms with Crippen LogP contribution in [0.5, 0.6) is 5.75 Å². The number of hydrogen-bond acceptors (Lipinski definition) is 8. The van der Waals surface area contributed by atoms with Crippen molar-refractivity contribution in [2.24, 2.45) is 5.92 Å². The van der Waals surface area contributed by atoms with Crippen LogP contribution in [0.3, 0.4) is 0 Å². The molecule has 1 aliphatic heterocycles. The van der Waals surface area contributed by atoms with Crippen molar-refractivity contribution in [3.63, 3.8) is 0 Å². The number of aryl methyl sites for hydroxylation is 2. The second-order valence-electron chi connectivity index (χ2n) is 10.5. The number of nitrogens with one attached hydrogen (secondary N) is 2. The third-order valence-corrected chi connectivity index (χ3v) is 7.14. The summed E-state index contributed by atoms with van der Waals surface area (Å²) in [6.45, 7) is 9.03. The minimum atomic E-state index is -0.454. The first-order chi connectivity index (χ1) is 19.1. The topological polar surface area (TPSA) is 133 Å². The van der Waals surface area contributed by atoms with Gasteiger partial charge in [-0.2, -0.15) is 0 Å². The number of nitrogens with zero attached hydrogens (tertiary/aromatic N) is 4. The third kappa shape index (κ3) is 7.16. The zero-order valence-corrected chi connectivity index (χ0v) is 23.7. The third-order valence-electron chi connectivity index (χ3n) is 7.14. The number of urea groups is 1. The number of fused-ring (bicyclic) bond motifs is 1. The highest BCUT2D eigenvalue weighted by atomic mass is 16.5. The number of aliphatic hydroxyl groups is 1. The molecule has 0 bridgehead atoms. The molecule has 0 unspecified atom stereocenters. The first kappa shape index (κ1) is 29.0. The SMILES string of the molecule is Cc1noc(C)c1NC(=O)Nc1ccc2c(c1)CC(=O)N([C@@H](C)CO)C[C@@H](C)[C@H](CN(C)Cc1ccncc1)O2. The first-order valence-corrected chi connectivity index (χ1v) is 13.4. The van der Waals surface area contributed by atoms with E-state index in [1.807, 2.05) is 26.1 Å². The Morgan fingerprint density at radius 1 is 1.23 bits per heavy atom. The Morgan fingerprint density at radius 3 is 2.65 bits per heavy atom. The smallest absolute Gasteiger partial charge is 0.323 e. The zero-order valence-electron chi connectivity index (χ0n) is 23.7. The molecule has 1 aliphatic rings. The van der Waals surface area contributed by atoms with Crippen LogP contribution in [-0.2, 0) is 17.8 Å². The summed E-state index contributed by atoms with van der Waals surface area (Å²) >= 11 is 0. The van der Waals surface area contributed by atoms with Gasteiger partial charge in [0.15, 0.2) is 5.76 Å². The van der Waals surface area contributed by atoms with E-state index in [0.29, 0.717) is 47.2 Å². The summed E-state index contributed by atoms with van der Waals surface area (Å²) < 4.78 is 11.7. The fourth-order valence-electron chi connectivity index (χ4n) is 4.83. The molecule has 0 spiro atoms. The molecule has 2 aromatic heterocycles. The predicted molar refractivity (Wildman–Crippen MR) is 151 cm³/mol. The van der Waals surface area contributed by atoms with E-state index in [-0.39, 0.29) is 37.0 Å². The molecule has 214 valence electrons. The lowest BCUT2D eigenvalue weighted by molar-refractivity contribution is -0.134. The molecule has 1 aromatic carbocycles. The van der Waals surface area contributed by atoms with Crippen molar-refractivity contribution in [1.29, 1.82) is 0 Å². The molecule has 11 heteroatoms. The van der Waals surface area contributed by atoms with Crippen LogP contribution < -0.4 is 15.4 Å². The van der Waals surface area contributed by atoms with E-state index in [1.54, 1.807) is 49.3 Å². The summed E-state index contributed by atoms with van der Waals surface area (Å²) in [4.78, 5) is 34.2. The molecule has 3 amide bonds. The molecule has 3 atom stereocenters. The Hall–Kier alpha value is -3.96. The lowest BCUT2D eigenvalue weighted by Gasteiger charge is -2.34. The molecular formula is C29H38N6O5. The molecule has 3 heterocycles. The van der Waals surface area contributed by atoms with Crippen LogP contribution in [0.1, 0.15) is 36.4 Å². The maximum atomic E-state index is 13.4. The van der Waals surface area contributed by atoms with Gasteiger partial charge in [0.05, 0.1) is 19.1 Å². The van der Waals surface area contributed by atoms with Crippen LogP contribution in [0.2, 0.25) is 0 Å². The number of aromatic nitrogens is 2. The van der Waals surface area contributed by atoms with Gasteiger partial charge in [0.25, 0.3) is 0 Å². The monoisotopic (exact) mass is 550 g/mol. The average molecular weight is 551 g/mol. The Kier molecular flexibility index (Phi) is 9.38. The van der Waals surface area contributed by atoms with Crippen molar-refractivity contribution in [3.8, 4) is 5.75 Å². The molecule has 0 saturated heterocycles. The van der Waals surface area contributed by atoms with E-state index >= 15 is 0 Å². The summed E-state index contributed by atoms with van der Waals surface area (Å²) in [5.41, 5.74) is 3.41. The summed E-state index contributed by atoms with van der Waals surface area (Å²) in [7, 11) is 2.04. The Morgan fingerprint density at radius 2 is 1.98 bits per heavy atom. The van der Waals surface area contributed by atoms with E-state index < -0.39 is 6.03 Å². The number of benzene rings is 1. The fraction of sp³-hybridized carbons (Fsp3) is 0.448. The number of amides is 3. The number of pyridine rings is 1. The maximum absolute atomic E-state index is 13.4. The van der Waals surface area contributed by atoms with Gasteiger partial charge in [0.1, 0.15) is 23.2 Å². The van der Waals surface area contributed by atoms with E-state index in [4.69, 9.17) is 9.26 Å². The zero-order chi connectivity index (χ0) is 28.8. The molecule has 3 aromatic rings. The van der Waals surface area contributed by atoms with E-state index in [0.717, 1.165) is 12.1 Å². The van der Waals surface area contributed by atoms with Gasteiger partial charge in [0.2, 0.25) is 5.91 Å². The van der Waals surface area contributed by atoms with Crippen molar-refractivity contribution in [1.82, 2.24) is 19.9 Å². The number of carbonyl (C=O) groups is 2. The van der Waals surface area contributed by atoms with Gasteiger partial charge < -0.3 is 29.9 Å². The number of ether oxygens (including phenoxy) is 1. The maximum Gasteiger partial charge on any atom is 0.323 e. The molecule has 11 nitrogen and oxygen atoms in total. The van der Waals surface area contributed by atoms with E-state index in [1.165, 1.54) is 0 Å². The summed E-state index contributed by atoms with van der Waals surface area (Å²) in [5, 5.41) is 19.3. The number of aliphatic hydroxyl groups excluding tert-OH is 1. The Bertz CT molecular complexity index is 1290. The van der Waals surface area contributed by atoms with Crippen LogP contribution in [0.15, 0.2) is 47.2 Å². The van der Waals surface area contributed by atoms with Gasteiger partial charge in [-0.1, -0.05) is 12.1 Å².